The third-order valence-corrected chi connectivity index (χ3v) is 3.82. The third kappa shape index (κ3) is 1.81. The second-order valence-corrected chi connectivity index (χ2v) is 4.86. The van der Waals surface area contributed by atoms with E-state index >= 15 is 0 Å². The maximum absolute atomic E-state index is 5.46. The highest BCUT2D eigenvalue weighted by Gasteiger charge is 2.18. The summed E-state index contributed by atoms with van der Waals surface area (Å²) in [5.41, 5.74) is 4.38. The van der Waals surface area contributed by atoms with E-state index in [1.165, 1.54) is 43.2 Å². The maximum atomic E-state index is 5.46. The Labute approximate surface area is 91.5 Å². The van der Waals surface area contributed by atoms with Crippen LogP contribution in [0.15, 0.2) is 18.2 Å². The van der Waals surface area contributed by atoms with Crippen LogP contribution in [0, 0.1) is 0 Å². The Morgan fingerprint density at radius 1 is 0.933 bits per heavy atom. The first-order valence-corrected chi connectivity index (χ1v) is 6.13. The van der Waals surface area contributed by atoms with Crippen LogP contribution in [0.3, 0.4) is 0 Å². The largest absolute Gasteiger partial charge is 0.372 e. The predicted molar refractivity (Wildman–Crippen MR) is 60.8 cm³/mol. The lowest BCUT2D eigenvalue weighted by Crippen LogP contribution is -2.04. The van der Waals surface area contributed by atoms with Gasteiger partial charge in [-0.05, 0) is 35.4 Å². The number of benzene rings is 1. The number of rotatable bonds is 1. The molecule has 0 radical (unpaired) electrons. The van der Waals surface area contributed by atoms with Crippen LogP contribution in [0.2, 0.25) is 0 Å². The topological polar surface area (TPSA) is 9.23 Å². The fraction of sp³-hybridized carbons (Fsp3) is 0.571. The molecule has 1 nitrogen and oxygen atoms in total. The second-order valence-electron chi connectivity index (χ2n) is 4.86. The molecule has 0 saturated heterocycles. The van der Waals surface area contributed by atoms with Crippen LogP contribution in [0.4, 0.5) is 0 Å². The van der Waals surface area contributed by atoms with Crippen molar-refractivity contribution in [3.8, 4) is 0 Å². The summed E-state index contributed by atoms with van der Waals surface area (Å²) in [6.07, 6.45) is 7.04. The van der Waals surface area contributed by atoms with E-state index in [2.05, 4.69) is 18.2 Å². The standard InChI is InChI=1S/C14H18O/c1-2-4-11(5-3-1)12-6-7-13-9-15-10-14(13)8-12/h6-8,11H,1-5,9-10H2. The van der Waals surface area contributed by atoms with Crippen LogP contribution in [0.1, 0.15) is 54.7 Å². The van der Waals surface area contributed by atoms with E-state index in [-0.39, 0.29) is 0 Å². The lowest BCUT2D eigenvalue weighted by molar-refractivity contribution is 0.134. The molecule has 0 N–H and O–H groups in total. The molecule has 0 aromatic heterocycles. The molecule has 0 bridgehead atoms. The molecular formula is C14H18O. The van der Waals surface area contributed by atoms with Crippen molar-refractivity contribution in [1.82, 2.24) is 0 Å². The molecule has 0 amide bonds. The van der Waals surface area contributed by atoms with Gasteiger partial charge in [0.25, 0.3) is 0 Å². The monoisotopic (exact) mass is 202 g/mol. The fourth-order valence-corrected chi connectivity index (χ4v) is 2.88. The molecule has 0 unspecified atom stereocenters. The highest BCUT2D eigenvalue weighted by Crippen LogP contribution is 2.34. The van der Waals surface area contributed by atoms with Crippen molar-refractivity contribution in [2.24, 2.45) is 0 Å². The summed E-state index contributed by atoms with van der Waals surface area (Å²) in [6.45, 7) is 1.65. The van der Waals surface area contributed by atoms with E-state index in [0.29, 0.717) is 0 Å². The van der Waals surface area contributed by atoms with Crippen molar-refractivity contribution in [3.05, 3.63) is 34.9 Å². The van der Waals surface area contributed by atoms with Gasteiger partial charge in [-0.2, -0.15) is 0 Å². The summed E-state index contributed by atoms with van der Waals surface area (Å²) in [4.78, 5) is 0. The van der Waals surface area contributed by atoms with E-state index in [0.717, 1.165) is 19.1 Å². The van der Waals surface area contributed by atoms with Crippen LogP contribution in [0.5, 0.6) is 0 Å². The smallest absolute Gasteiger partial charge is 0.0725 e. The minimum absolute atomic E-state index is 0.820. The second kappa shape index (κ2) is 3.97. The predicted octanol–water partition coefficient (Wildman–Crippen LogP) is 3.76. The van der Waals surface area contributed by atoms with Gasteiger partial charge in [0, 0.05) is 0 Å². The Hall–Kier alpha value is -0.820. The molecule has 1 saturated carbocycles. The highest BCUT2D eigenvalue weighted by atomic mass is 16.5. The molecule has 3 rings (SSSR count). The Morgan fingerprint density at radius 3 is 2.60 bits per heavy atom. The molecule has 1 heteroatoms. The van der Waals surface area contributed by atoms with Gasteiger partial charge in [-0.15, -0.1) is 0 Å². The van der Waals surface area contributed by atoms with Gasteiger partial charge in [-0.1, -0.05) is 37.5 Å². The van der Waals surface area contributed by atoms with Gasteiger partial charge in [0.15, 0.2) is 0 Å². The van der Waals surface area contributed by atoms with E-state index in [9.17, 15) is 0 Å². The van der Waals surface area contributed by atoms with Gasteiger partial charge in [0.05, 0.1) is 13.2 Å². The normalized spacial score (nSPS) is 21.6. The average molecular weight is 202 g/mol. The zero-order valence-corrected chi connectivity index (χ0v) is 9.17. The quantitative estimate of drug-likeness (QED) is 0.673. The van der Waals surface area contributed by atoms with Crippen LogP contribution >= 0.6 is 0 Å². The van der Waals surface area contributed by atoms with Crippen molar-refractivity contribution < 1.29 is 4.74 Å². The maximum Gasteiger partial charge on any atom is 0.0725 e. The van der Waals surface area contributed by atoms with E-state index < -0.39 is 0 Å². The van der Waals surface area contributed by atoms with Crippen LogP contribution in [-0.4, -0.2) is 0 Å². The van der Waals surface area contributed by atoms with Gasteiger partial charge in [0.2, 0.25) is 0 Å². The number of hydrogen-bond acceptors (Lipinski definition) is 1. The van der Waals surface area contributed by atoms with Gasteiger partial charge in [-0.3, -0.25) is 0 Å². The first-order chi connectivity index (χ1) is 7.43. The van der Waals surface area contributed by atoms with Crippen LogP contribution in [-0.2, 0) is 18.0 Å². The van der Waals surface area contributed by atoms with Crippen LogP contribution < -0.4 is 0 Å². The molecule has 1 aliphatic carbocycles. The number of hydrogen-bond donors (Lipinski definition) is 0. The number of ether oxygens (including phenoxy) is 1. The molecule has 1 aromatic rings. The molecule has 1 aliphatic heterocycles. The van der Waals surface area contributed by atoms with E-state index in [4.69, 9.17) is 4.74 Å². The SMILES string of the molecule is c1cc2c(cc1C1CCCCC1)COC2. The molecule has 80 valence electrons. The summed E-state index contributed by atoms with van der Waals surface area (Å²) in [6, 6.07) is 6.98. The third-order valence-electron chi connectivity index (χ3n) is 3.82. The average Bonchev–Trinajstić information content (AvgIpc) is 2.77. The lowest BCUT2D eigenvalue weighted by atomic mass is 9.83. The number of fused-ring (bicyclic) bond motifs is 1. The fourth-order valence-electron chi connectivity index (χ4n) is 2.88. The molecule has 15 heavy (non-hydrogen) atoms. The van der Waals surface area contributed by atoms with Crippen molar-refractivity contribution in [3.63, 3.8) is 0 Å². The summed E-state index contributed by atoms with van der Waals surface area (Å²) < 4.78 is 5.46. The zero-order valence-electron chi connectivity index (χ0n) is 9.17. The van der Waals surface area contributed by atoms with E-state index in [1.807, 2.05) is 0 Å². The van der Waals surface area contributed by atoms with Gasteiger partial charge in [-0.25, -0.2) is 0 Å². The lowest BCUT2D eigenvalue weighted by Gasteiger charge is -2.22. The van der Waals surface area contributed by atoms with E-state index in [1.54, 1.807) is 5.56 Å². The molecule has 1 heterocycles. The first-order valence-electron chi connectivity index (χ1n) is 6.13. The Balaban J connectivity index is 1.85. The van der Waals surface area contributed by atoms with Gasteiger partial charge < -0.3 is 4.74 Å². The minimum atomic E-state index is 0.820. The minimum Gasteiger partial charge on any atom is -0.372 e. The summed E-state index contributed by atoms with van der Waals surface area (Å²) in [5, 5.41) is 0. The zero-order chi connectivity index (χ0) is 10.1. The first kappa shape index (κ1) is 9.41. The van der Waals surface area contributed by atoms with Crippen molar-refractivity contribution >= 4 is 0 Å². The Morgan fingerprint density at radius 2 is 1.73 bits per heavy atom. The van der Waals surface area contributed by atoms with Crippen molar-refractivity contribution in [1.29, 1.82) is 0 Å². The molecule has 0 spiro atoms. The molecule has 1 fully saturated rings. The molecule has 1 aromatic carbocycles. The molecular weight excluding hydrogens is 184 g/mol. The van der Waals surface area contributed by atoms with Crippen molar-refractivity contribution in [2.75, 3.05) is 0 Å². The Bertz CT molecular complexity index is 350. The summed E-state index contributed by atoms with van der Waals surface area (Å²) >= 11 is 0. The molecule has 2 aliphatic rings. The van der Waals surface area contributed by atoms with Crippen molar-refractivity contribution in [2.45, 2.75) is 51.2 Å². The van der Waals surface area contributed by atoms with Gasteiger partial charge in [0.1, 0.15) is 0 Å². The van der Waals surface area contributed by atoms with Gasteiger partial charge >= 0.3 is 0 Å². The Kier molecular flexibility index (Phi) is 2.49. The molecule has 0 atom stereocenters. The summed E-state index contributed by atoms with van der Waals surface area (Å²) in [5.74, 6) is 0.824. The highest BCUT2D eigenvalue weighted by molar-refractivity contribution is 5.34. The van der Waals surface area contributed by atoms with Crippen LogP contribution in [0.25, 0.3) is 0 Å². The summed E-state index contributed by atoms with van der Waals surface area (Å²) in [7, 11) is 0.